The second kappa shape index (κ2) is 5.88. The van der Waals surface area contributed by atoms with Crippen LogP contribution in [0.5, 0.6) is 0 Å². The highest BCUT2D eigenvalue weighted by atomic mass is 79.9. The van der Waals surface area contributed by atoms with E-state index in [1.54, 1.807) is 6.07 Å². The second-order valence-corrected chi connectivity index (χ2v) is 7.43. The van der Waals surface area contributed by atoms with Crippen LogP contribution in [0.4, 0.5) is 0 Å². The van der Waals surface area contributed by atoms with Crippen molar-refractivity contribution in [2.75, 3.05) is 6.54 Å². The fraction of sp³-hybridized carbons (Fsp3) is 0.467. The lowest BCUT2D eigenvalue weighted by atomic mass is 9.84. The third-order valence-electron chi connectivity index (χ3n) is 3.17. The Morgan fingerprint density at radius 3 is 2.50 bits per heavy atom. The summed E-state index contributed by atoms with van der Waals surface area (Å²) in [6.07, 6.45) is 0. The molecular weight excluding hydrogens is 361 g/mol. The van der Waals surface area contributed by atoms with Crippen molar-refractivity contribution >= 4 is 50.1 Å². The lowest BCUT2D eigenvalue weighted by Crippen LogP contribution is -2.18. The summed E-state index contributed by atoms with van der Waals surface area (Å²) in [6.45, 7) is 10.1. The summed E-state index contributed by atoms with van der Waals surface area (Å²) >= 11 is 16.2. The Balaban J connectivity index is 2.81. The van der Waals surface area contributed by atoms with Crippen LogP contribution in [0.1, 0.15) is 39.0 Å². The topological polar surface area (TPSA) is 25.2 Å². The lowest BCUT2D eigenvalue weighted by molar-refractivity contribution is 0.487. The molecule has 0 atom stereocenters. The van der Waals surface area contributed by atoms with Gasteiger partial charge in [-0.15, -0.1) is 0 Å². The van der Waals surface area contributed by atoms with E-state index < -0.39 is 0 Å². The summed E-state index contributed by atoms with van der Waals surface area (Å²) in [7, 11) is 0. The van der Waals surface area contributed by atoms with Crippen LogP contribution in [0.2, 0.25) is 10.0 Å². The summed E-state index contributed by atoms with van der Waals surface area (Å²) in [5.41, 5.74) is 1.70. The van der Waals surface area contributed by atoms with Crippen molar-refractivity contribution in [2.24, 2.45) is 0 Å². The SMILES string of the molecule is CCNCc1oc2c(Cl)cc(Br)c(Cl)c2c1C(C)(C)C. The van der Waals surface area contributed by atoms with Gasteiger partial charge in [0.05, 0.1) is 16.6 Å². The van der Waals surface area contributed by atoms with Gasteiger partial charge in [0.2, 0.25) is 0 Å². The van der Waals surface area contributed by atoms with E-state index in [2.05, 4.69) is 48.9 Å². The molecule has 0 aliphatic heterocycles. The molecule has 5 heteroatoms. The zero-order chi connectivity index (χ0) is 15.1. The van der Waals surface area contributed by atoms with Gasteiger partial charge >= 0.3 is 0 Å². The van der Waals surface area contributed by atoms with Crippen LogP contribution in [-0.4, -0.2) is 6.54 Å². The normalized spacial score (nSPS) is 12.3. The molecule has 0 aliphatic rings. The highest BCUT2D eigenvalue weighted by molar-refractivity contribution is 9.10. The van der Waals surface area contributed by atoms with E-state index in [1.807, 2.05) is 0 Å². The summed E-state index contributed by atoms with van der Waals surface area (Å²) in [5, 5.41) is 5.44. The fourth-order valence-electron chi connectivity index (χ4n) is 2.37. The quantitative estimate of drug-likeness (QED) is 0.671. The van der Waals surface area contributed by atoms with Gasteiger partial charge in [0.15, 0.2) is 5.58 Å². The maximum absolute atomic E-state index is 6.47. The molecule has 0 fully saturated rings. The van der Waals surface area contributed by atoms with Crippen LogP contribution in [0, 0.1) is 0 Å². The van der Waals surface area contributed by atoms with Gasteiger partial charge in [-0.2, -0.15) is 0 Å². The molecule has 0 bridgehead atoms. The predicted octanol–water partition coefficient (Wildman–Crippen LogP) is 5.91. The molecule has 1 heterocycles. The van der Waals surface area contributed by atoms with E-state index in [1.165, 1.54) is 0 Å². The first-order chi connectivity index (χ1) is 9.27. The molecule has 0 radical (unpaired) electrons. The van der Waals surface area contributed by atoms with Crippen LogP contribution in [0.15, 0.2) is 15.0 Å². The molecule has 0 aliphatic carbocycles. The number of furan rings is 1. The zero-order valence-electron chi connectivity index (χ0n) is 12.0. The molecule has 0 spiro atoms. The average Bonchev–Trinajstić information content (AvgIpc) is 2.73. The lowest BCUT2D eigenvalue weighted by Gasteiger charge is -2.20. The minimum absolute atomic E-state index is 0.0796. The molecule has 0 unspecified atom stereocenters. The van der Waals surface area contributed by atoms with E-state index in [0.717, 1.165) is 27.7 Å². The zero-order valence-corrected chi connectivity index (χ0v) is 15.1. The molecule has 1 aromatic carbocycles. The Morgan fingerprint density at radius 1 is 1.30 bits per heavy atom. The standard InChI is InChI=1S/C15H18BrCl2NO/c1-5-19-7-10-12(15(2,3)4)11-13(18)8(16)6-9(17)14(11)20-10/h6,19H,5,7H2,1-4H3. The van der Waals surface area contributed by atoms with Gasteiger partial charge in [-0.25, -0.2) is 0 Å². The predicted molar refractivity (Wildman–Crippen MR) is 90.0 cm³/mol. The number of benzene rings is 1. The van der Waals surface area contributed by atoms with E-state index >= 15 is 0 Å². The highest BCUT2D eigenvalue weighted by Crippen LogP contribution is 2.44. The van der Waals surface area contributed by atoms with Gasteiger partial charge in [-0.3, -0.25) is 0 Å². The number of hydrogen-bond donors (Lipinski definition) is 1. The van der Waals surface area contributed by atoms with Gasteiger partial charge in [0, 0.05) is 15.4 Å². The number of hydrogen-bond acceptors (Lipinski definition) is 2. The Morgan fingerprint density at radius 2 is 1.95 bits per heavy atom. The van der Waals surface area contributed by atoms with Crippen molar-refractivity contribution in [1.29, 1.82) is 0 Å². The average molecular weight is 379 g/mol. The molecular formula is C15H18BrCl2NO. The first kappa shape index (κ1) is 16.2. The molecule has 110 valence electrons. The van der Waals surface area contributed by atoms with Gasteiger partial charge in [0.1, 0.15) is 5.76 Å². The van der Waals surface area contributed by atoms with Crippen molar-refractivity contribution in [3.05, 3.63) is 31.9 Å². The molecule has 1 aromatic heterocycles. The third kappa shape index (κ3) is 2.87. The first-order valence-corrected chi connectivity index (χ1v) is 8.12. The molecule has 0 amide bonds. The Bertz CT molecular complexity index is 644. The molecule has 20 heavy (non-hydrogen) atoms. The van der Waals surface area contributed by atoms with E-state index in [0.29, 0.717) is 22.2 Å². The fourth-order valence-corrected chi connectivity index (χ4v) is 3.41. The summed E-state index contributed by atoms with van der Waals surface area (Å²) in [4.78, 5) is 0. The van der Waals surface area contributed by atoms with Crippen molar-refractivity contribution < 1.29 is 4.42 Å². The number of fused-ring (bicyclic) bond motifs is 1. The van der Waals surface area contributed by atoms with Gasteiger partial charge in [-0.1, -0.05) is 50.9 Å². The molecule has 0 saturated heterocycles. The Labute approximate surface area is 137 Å². The third-order valence-corrected chi connectivity index (χ3v) is 4.69. The van der Waals surface area contributed by atoms with Crippen LogP contribution < -0.4 is 5.32 Å². The van der Waals surface area contributed by atoms with Crippen molar-refractivity contribution in [2.45, 2.75) is 39.7 Å². The van der Waals surface area contributed by atoms with E-state index in [-0.39, 0.29) is 5.41 Å². The molecule has 2 aromatic rings. The summed E-state index contributed by atoms with van der Waals surface area (Å²) < 4.78 is 6.78. The van der Waals surface area contributed by atoms with Crippen LogP contribution in [0.25, 0.3) is 11.0 Å². The van der Waals surface area contributed by atoms with Crippen molar-refractivity contribution in [3.8, 4) is 0 Å². The van der Waals surface area contributed by atoms with Gasteiger partial charge < -0.3 is 9.73 Å². The minimum atomic E-state index is -0.0796. The maximum Gasteiger partial charge on any atom is 0.154 e. The van der Waals surface area contributed by atoms with Crippen molar-refractivity contribution in [3.63, 3.8) is 0 Å². The Kier molecular flexibility index (Phi) is 4.75. The largest absolute Gasteiger partial charge is 0.458 e. The van der Waals surface area contributed by atoms with Crippen LogP contribution in [0.3, 0.4) is 0 Å². The summed E-state index contributed by atoms with van der Waals surface area (Å²) in [6, 6.07) is 1.78. The molecule has 2 nitrogen and oxygen atoms in total. The second-order valence-electron chi connectivity index (χ2n) is 5.79. The molecule has 0 saturated carbocycles. The monoisotopic (exact) mass is 377 g/mol. The molecule has 2 rings (SSSR count). The molecule has 1 N–H and O–H groups in total. The number of rotatable bonds is 3. The number of nitrogens with one attached hydrogen (secondary N) is 1. The van der Waals surface area contributed by atoms with Crippen LogP contribution >= 0.6 is 39.1 Å². The summed E-state index contributed by atoms with van der Waals surface area (Å²) in [5.74, 6) is 0.899. The Hall–Kier alpha value is -0.220. The smallest absolute Gasteiger partial charge is 0.154 e. The minimum Gasteiger partial charge on any atom is -0.458 e. The van der Waals surface area contributed by atoms with Crippen LogP contribution in [-0.2, 0) is 12.0 Å². The van der Waals surface area contributed by atoms with Gasteiger partial charge in [0.25, 0.3) is 0 Å². The maximum atomic E-state index is 6.47. The first-order valence-electron chi connectivity index (χ1n) is 6.57. The van der Waals surface area contributed by atoms with E-state index in [4.69, 9.17) is 27.6 Å². The number of halogens is 3. The van der Waals surface area contributed by atoms with E-state index in [9.17, 15) is 0 Å². The highest BCUT2D eigenvalue weighted by Gasteiger charge is 2.28. The van der Waals surface area contributed by atoms with Crippen molar-refractivity contribution in [1.82, 2.24) is 5.32 Å². The van der Waals surface area contributed by atoms with Gasteiger partial charge in [-0.05, 0) is 34.0 Å².